The molecule has 0 saturated carbocycles. The lowest BCUT2D eigenvalue weighted by atomic mass is 10.3. The van der Waals surface area contributed by atoms with Gasteiger partial charge in [-0.3, -0.25) is 0 Å². The van der Waals surface area contributed by atoms with Gasteiger partial charge in [0.1, 0.15) is 0 Å². The van der Waals surface area contributed by atoms with E-state index < -0.39 is 5.82 Å². The highest BCUT2D eigenvalue weighted by Gasteiger charge is 2.08. The van der Waals surface area contributed by atoms with Crippen LogP contribution in [0.2, 0.25) is 5.02 Å². The quantitative estimate of drug-likeness (QED) is 0.734. The summed E-state index contributed by atoms with van der Waals surface area (Å²) < 4.78 is 14.6. The molecule has 98 valence electrons. The molecule has 0 fully saturated rings. The highest BCUT2D eigenvalue weighted by molar-refractivity contribution is 9.10. The van der Waals surface area contributed by atoms with Crippen molar-refractivity contribution in [1.82, 2.24) is 0 Å². The molecule has 0 bridgehead atoms. The van der Waals surface area contributed by atoms with Gasteiger partial charge in [-0.1, -0.05) is 29.8 Å². The van der Waals surface area contributed by atoms with Crippen molar-refractivity contribution >= 4 is 56.2 Å². The SMILES string of the molecule is Fc1c(Cl)cccc1NC(=S)Nc1ccccc1Br. The van der Waals surface area contributed by atoms with Crippen LogP contribution < -0.4 is 10.6 Å². The van der Waals surface area contributed by atoms with Crippen LogP contribution in [0.1, 0.15) is 0 Å². The van der Waals surface area contributed by atoms with E-state index in [1.807, 2.05) is 24.3 Å². The number of halogens is 3. The molecule has 2 aromatic rings. The average molecular weight is 360 g/mol. The zero-order valence-electron chi connectivity index (χ0n) is 9.58. The number of benzene rings is 2. The molecule has 0 saturated heterocycles. The van der Waals surface area contributed by atoms with Gasteiger partial charge < -0.3 is 10.6 Å². The molecule has 2 rings (SSSR count). The Labute approximate surface area is 129 Å². The fraction of sp³-hybridized carbons (Fsp3) is 0. The van der Waals surface area contributed by atoms with Crippen LogP contribution in [0.4, 0.5) is 15.8 Å². The Bertz CT molecular complexity index is 621. The Hall–Kier alpha value is -1.17. The maximum atomic E-state index is 13.7. The molecule has 19 heavy (non-hydrogen) atoms. The summed E-state index contributed by atoms with van der Waals surface area (Å²) in [5.74, 6) is -0.527. The van der Waals surface area contributed by atoms with Gasteiger partial charge in [0.2, 0.25) is 0 Å². The molecular weight excluding hydrogens is 351 g/mol. The van der Waals surface area contributed by atoms with E-state index in [2.05, 4.69) is 26.6 Å². The fourth-order valence-corrected chi connectivity index (χ4v) is 2.22. The second-order valence-electron chi connectivity index (χ2n) is 3.66. The van der Waals surface area contributed by atoms with Gasteiger partial charge in [-0.2, -0.15) is 0 Å². The average Bonchev–Trinajstić information content (AvgIpc) is 2.38. The first-order valence-electron chi connectivity index (χ1n) is 5.34. The van der Waals surface area contributed by atoms with Crippen molar-refractivity contribution in [3.05, 3.63) is 57.8 Å². The predicted molar refractivity (Wildman–Crippen MR) is 85.4 cm³/mol. The van der Waals surface area contributed by atoms with E-state index in [-0.39, 0.29) is 15.8 Å². The maximum Gasteiger partial charge on any atom is 0.175 e. The molecule has 0 aliphatic rings. The number of hydrogen-bond donors (Lipinski definition) is 2. The molecule has 0 spiro atoms. The summed E-state index contributed by atoms with van der Waals surface area (Å²) in [7, 11) is 0. The molecule has 0 aliphatic carbocycles. The summed E-state index contributed by atoms with van der Waals surface area (Å²) in [4.78, 5) is 0. The Morgan fingerprint density at radius 3 is 2.42 bits per heavy atom. The van der Waals surface area contributed by atoms with E-state index in [0.717, 1.165) is 10.2 Å². The third-order valence-corrected chi connectivity index (χ3v) is 3.51. The van der Waals surface area contributed by atoms with E-state index in [0.29, 0.717) is 0 Å². The van der Waals surface area contributed by atoms with Crippen molar-refractivity contribution in [3.63, 3.8) is 0 Å². The largest absolute Gasteiger partial charge is 0.332 e. The summed E-state index contributed by atoms with van der Waals surface area (Å²) in [5.41, 5.74) is 1.03. The van der Waals surface area contributed by atoms with Crippen molar-refractivity contribution in [2.75, 3.05) is 10.6 Å². The first-order chi connectivity index (χ1) is 9.08. The summed E-state index contributed by atoms with van der Waals surface area (Å²) in [6.07, 6.45) is 0. The van der Waals surface area contributed by atoms with Gasteiger partial charge in [0.15, 0.2) is 10.9 Å². The Morgan fingerprint density at radius 1 is 1.05 bits per heavy atom. The highest BCUT2D eigenvalue weighted by atomic mass is 79.9. The van der Waals surface area contributed by atoms with Crippen molar-refractivity contribution in [2.24, 2.45) is 0 Å². The minimum absolute atomic E-state index is 0.0497. The van der Waals surface area contributed by atoms with Crippen molar-refractivity contribution < 1.29 is 4.39 Å². The fourth-order valence-electron chi connectivity index (χ4n) is 1.44. The molecule has 0 amide bonds. The second-order valence-corrected chi connectivity index (χ2v) is 5.33. The van der Waals surface area contributed by atoms with Crippen LogP contribution in [0.15, 0.2) is 46.9 Å². The van der Waals surface area contributed by atoms with Crippen LogP contribution in [0.25, 0.3) is 0 Å². The number of nitrogens with one attached hydrogen (secondary N) is 2. The maximum absolute atomic E-state index is 13.7. The van der Waals surface area contributed by atoms with Crippen LogP contribution in [0.5, 0.6) is 0 Å². The van der Waals surface area contributed by atoms with Gasteiger partial charge in [-0.05, 0) is 52.4 Å². The molecule has 0 heterocycles. The van der Waals surface area contributed by atoms with Gasteiger partial charge >= 0.3 is 0 Å². The van der Waals surface area contributed by atoms with E-state index in [9.17, 15) is 4.39 Å². The highest BCUT2D eigenvalue weighted by Crippen LogP contribution is 2.24. The molecule has 2 nitrogen and oxygen atoms in total. The zero-order chi connectivity index (χ0) is 13.8. The third-order valence-electron chi connectivity index (χ3n) is 2.32. The topological polar surface area (TPSA) is 24.1 Å². The van der Waals surface area contributed by atoms with Crippen molar-refractivity contribution in [3.8, 4) is 0 Å². The van der Waals surface area contributed by atoms with Crippen molar-refractivity contribution in [2.45, 2.75) is 0 Å². The van der Waals surface area contributed by atoms with Crippen LogP contribution in [0.3, 0.4) is 0 Å². The molecule has 0 aromatic heterocycles. The van der Waals surface area contributed by atoms with Gasteiger partial charge in [-0.15, -0.1) is 0 Å². The molecule has 0 unspecified atom stereocenters. The van der Waals surface area contributed by atoms with Crippen LogP contribution in [0, 0.1) is 5.82 Å². The first-order valence-corrected chi connectivity index (χ1v) is 6.92. The van der Waals surface area contributed by atoms with Crippen LogP contribution in [-0.4, -0.2) is 5.11 Å². The lowest BCUT2D eigenvalue weighted by Gasteiger charge is -2.12. The van der Waals surface area contributed by atoms with Crippen LogP contribution in [-0.2, 0) is 0 Å². The smallest absolute Gasteiger partial charge is 0.175 e. The summed E-state index contributed by atoms with van der Waals surface area (Å²) in [6, 6.07) is 12.2. The molecule has 0 aliphatic heterocycles. The molecule has 0 atom stereocenters. The number of para-hydroxylation sites is 1. The Kier molecular flexibility index (Phi) is 4.74. The monoisotopic (exact) mass is 358 g/mol. The predicted octanol–water partition coefficient (Wildman–Crippen LogP) is 5.05. The normalized spacial score (nSPS) is 10.1. The molecule has 6 heteroatoms. The third kappa shape index (κ3) is 3.65. The van der Waals surface area contributed by atoms with Gasteiger partial charge in [0.05, 0.1) is 16.4 Å². The van der Waals surface area contributed by atoms with Gasteiger partial charge in [-0.25, -0.2) is 4.39 Å². The van der Waals surface area contributed by atoms with E-state index >= 15 is 0 Å². The zero-order valence-corrected chi connectivity index (χ0v) is 12.7. The molecular formula is C13H9BrClFN2S. The number of thiocarbonyl (C=S) groups is 1. The lowest BCUT2D eigenvalue weighted by molar-refractivity contribution is 0.632. The van der Waals surface area contributed by atoms with E-state index in [1.165, 1.54) is 6.07 Å². The summed E-state index contributed by atoms with van der Waals surface area (Å²) in [5, 5.41) is 6.07. The number of anilines is 2. The second kappa shape index (κ2) is 6.32. The van der Waals surface area contributed by atoms with E-state index in [4.69, 9.17) is 23.8 Å². The van der Waals surface area contributed by atoms with Gasteiger partial charge in [0, 0.05) is 4.47 Å². The summed E-state index contributed by atoms with van der Waals surface area (Å²) in [6.45, 7) is 0. The molecule has 2 aromatic carbocycles. The summed E-state index contributed by atoms with van der Waals surface area (Å²) >= 11 is 14.2. The van der Waals surface area contributed by atoms with Gasteiger partial charge in [0.25, 0.3) is 0 Å². The first kappa shape index (κ1) is 14.2. The van der Waals surface area contributed by atoms with Crippen LogP contribution >= 0.6 is 39.7 Å². The standard InChI is InChI=1S/C13H9BrClFN2S/c14-8-4-1-2-6-10(8)17-13(19)18-11-7-3-5-9(15)12(11)16/h1-7H,(H2,17,18,19). The minimum Gasteiger partial charge on any atom is -0.332 e. The van der Waals surface area contributed by atoms with Crippen molar-refractivity contribution in [1.29, 1.82) is 0 Å². The minimum atomic E-state index is -0.527. The Balaban J connectivity index is 2.10. The molecule has 2 N–H and O–H groups in total. The lowest BCUT2D eigenvalue weighted by Crippen LogP contribution is -2.20. The Morgan fingerprint density at radius 2 is 1.68 bits per heavy atom. The van der Waals surface area contributed by atoms with E-state index in [1.54, 1.807) is 12.1 Å². The number of hydrogen-bond acceptors (Lipinski definition) is 1. The molecule has 0 radical (unpaired) electrons. The number of rotatable bonds is 2.